The molecule has 2 rings (SSSR count). The van der Waals surface area contributed by atoms with Gasteiger partial charge in [0.25, 0.3) is 0 Å². The quantitative estimate of drug-likeness (QED) is 0.848. The molecule has 0 unspecified atom stereocenters. The Hall–Kier alpha value is -0.360. The van der Waals surface area contributed by atoms with Crippen LogP contribution in [-0.2, 0) is 6.42 Å². The molecule has 0 saturated carbocycles. The van der Waals surface area contributed by atoms with Gasteiger partial charge in [-0.05, 0) is 53.1 Å². The van der Waals surface area contributed by atoms with Crippen LogP contribution in [0.15, 0.2) is 12.1 Å². The minimum atomic E-state index is -0.0808. The van der Waals surface area contributed by atoms with Crippen LogP contribution in [-0.4, -0.2) is 13.1 Å². The number of rotatable bonds is 2. The zero-order valence-electron chi connectivity index (χ0n) is 8.89. The van der Waals surface area contributed by atoms with Crippen LogP contribution in [0, 0.1) is 9.39 Å². The molecule has 2 nitrogen and oxygen atoms in total. The molecule has 0 aliphatic carbocycles. The van der Waals surface area contributed by atoms with E-state index in [1.807, 2.05) is 6.07 Å². The molecule has 0 spiro atoms. The predicted octanol–water partition coefficient (Wildman–Crippen LogP) is 3.36. The van der Waals surface area contributed by atoms with Gasteiger partial charge in [-0.25, -0.2) is 4.39 Å². The zero-order chi connectivity index (χ0) is 10.1. The molecular formula is C11H16FIN2. The number of fused-ring (bicyclic) bond motifs is 1. The maximum Gasteiger partial charge on any atom is 0.136 e. The third-order valence-electron chi connectivity index (χ3n) is 2.61. The maximum atomic E-state index is 13.3. The first-order valence-electron chi connectivity index (χ1n) is 4.95. The summed E-state index contributed by atoms with van der Waals surface area (Å²) in [6.07, 6.45) is 2.14. The largest absolute Gasteiger partial charge is 0.371 e. The molecule has 1 aliphatic rings. The fourth-order valence-corrected chi connectivity index (χ4v) is 2.40. The summed E-state index contributed by atoms with van der Waals surface area (Å²) in [5.74, 6) is -0.0808. The van der Waals surface area contributed by atoms with Gasteiger partial charge < -0.3 is 11.1 Å². The van der Waals surface area contributed by atoms with Gasteiger partial charge in [0.15, 0.2) is 0 Å². The van der Waals surface area contributed by atoms with Crippen molar-refractivity contribution in [2.45, 2.75) is 19.8 Å². The van der Waals surface area contributed by atoms with Crippen LogP contribution in [0.3, 0.4) is 0 Å². The molecule has 0 aromatic heterocycles. The molecule has 15 heavy (non-hydrogen) atoms. The van der Waals surface area contributed by atoms with Crippen molar-refractivity contribution in [3.05, 3.63) is 27.1 Å². The summed E-state index contributed by atoms with van der Waals surface area (Å²) in [7, 11) is 0. The third kappa shape index (κ3) is 2.42. The van der Waals surface area contributed by atoms with Crippen LogP contribution < -0.4 is 11.1 Å². The topological polar surface area (TPSA) is 38.2 Å². The van der Waals surface area contributed by atoms with Gasteiger partial charge in [0.1, 0.15) is 5.82 Å². The van der Waals surface area contributed by atoms with Gasteiger partial charge >= 0.3 is 0 Å². The highest BCUT2D eigenvalue weighted by molar-refractivity contribution is 14.1. The Morgan fingerprint density at radius 2 is 2.20 bits per heavy atom. The standard InChI is InChI=1S/C11H13FIN.H3N/c1-2-4-14-5-3-8-6-9(12)10(13)7-11(8)14;/h6-7H,2-5H2,1H3;1H3. The summed E-state index contributed by atoms with van der Waals surface area (Å²) < 4.78 is 14.0. The van der Waals surface area contributed by atoms with E-state index in [2.05, 4.69) is 34.4 Å². The second-order valence-electron chi connectivity index (χ2n) is 3.63. The van der Waals surface area contributed by atoms with E-state index in [1.54, 1.807) is 6.07 Å². The average molecular weight is 322 g/mol. The highest BCUT2D eigenvalue weighted by Gasteiger charge is 2.19. The van der Waals surface area contributed by atoms with Crippen molar-refractivity contribution in [1.82, 2.24) is 6.15 Å². The second-order valence-corrected chi connectivity index (χ2v) is 4.79. The minimum absolute atomic E-state index is 0. The van der Waals surface area contributed by atoms with Gasteiger partial charge in [0, 0.05) is 18.8 Å². The summed E-state index contributed by atoms with van der Waals surface area (Å²) in [4.78, 5) is 2.34. The summed E-state index contributed by atoms with van der Waals surface area (Å²) >= 11 is 2.05. The molecule has 1 aromatic carbocycles. The van der Waals surface area contributed by atoms with Crippen molar-refractivity contribution in [2.24, 2.45) is 0 Å². The molecule has 0 saturated heterocycles. The van der Waals surface area contributed by atoms with E-state index in [0.717, 1.165) is 35.1 Å². The van der Waals surface area contributed by atoms with Crippen molar-refractivity contribution < 1.29 is 4.39 Å². The molecule has 0 atom stereocenters. The first-order valence-corrected chi connectivity index (χ1v) is 6.03. The Kier molecular flexibility index (Phi) is 4.33. The number of hydrogen-bond donors (Lipinski definition) is 1. The first-order chi connectivity index (χ1) is 6.72. The number of nitrogens with zero attached hydrogens (tertiary/aromatic N) is 1. The Morgan fingerprint density at radius 1 is 1.47 bits per heavy atom. The van der Waals surface area contributed by atoms with Crippen molar-refractivity contribution in [3.8, 4) is 0 Å². The summed E-state index contributed by atoms with van der Waals surface area (Å²) in [6, 6.07) is 3.65. The molecule has 3 N–H and O–H groups in total. The van der Waals surface area contributed by atoms with Gasteiger partial charge in [0.2, 0.25) is 0 Å². The second kappa shape index (κ2) is 5.12. The van der Waals surface area contributed by atoms with Gasteiger partial charge in [-0.1, -0.05) is 6.92 Å². The summed E-state index contributed by atoms with van der Waals surface area (Å²) in [6.45, 7) is 4.30. The SMILES string of the molecule is CCCN1CCc2cc(F)c(I)cc21.N. The van der Waals surface area contributed by atoms with Gasteiger partial charge in [0.05, 0.1) is 3.57 Å². The third-order valence-corrected chi connectivity index (χ3v) is 3.43. The van der Waals surface area contributed by atoms with Crippen LogP contribution in [0.1, 0.15) is 18.9 Å². The number of anilines is 1. The molecule has 1 aromatic rings. The van der Waals surface area contributed by atoms with E-state index in [1.165, 1.54) is 5.69 Å². The predicted molar refractivity (Wildman–Crippen MR) is 70.3 cm³/mol. The van der Waals surface area contributed by atoms with E-state index >= 15 is 0 Å². The molecule has 84 valence electrons. The van der Waals surface area contributed by atoms with Gasteiger partial charge in [-0.15, -0.1) is 0 Å². The van der Waals surface area contributed by atoms with Crippen LogP contribution in [0.5, 0.6) is 0 Å². The molecule has 1 heterocycles. The van der Waals surface area contributed by atoms with Crippen LogP contribution in [0.2, 0.25) is 0 Å². The lowest BCUT2D eigenvalue weighted by Crippen LogP contribution is -2.20. The average Bonchev–Trinajstić information content (AvgIpc) is 2.51. The van der Waals surface area contributed by atoms with Crippen molar-refractivity contribution in [3.63, 3.8) is 0 Å². The Morgan fingerprint density at radius 3 is 2.87 bits per heavy atom. The molecule has 4 heteroatoms. The monoisotopic (exact) mass is 322 g/mol. The Balaban J connectivity index is 0.00000112. The molecule has 0 radical (unpaired) electrons. The van der Waals surface area contributed by atoms with Gasteiger partial charge in [-0.3, -0.25) is 0 Å². The maximum absolute atomic E-state index is 13.3. The van der Waals surface area contributed by atoms with E-state index in [-0.39, 0.29) is 12.0 Å². The summed E-state index contributed by atoms with van der Waals surface area (Å²) in [5.41, 5.74) is 2.40. The highest BCUT2D eigenvalue weighted by Crippen LogP contribution is 2.31. The van der Waals surface area contributed by atoms with E-state index in [4.69, 9.17) is 0 Å². The molecule has 1 aliphatic heterocycles. The van der Waals surface area contributed by atoms with E-state index in [9.17, 15) is 4.39 Å². The summed E-state index contributed by atoms with van der Waals surface area (Å²) in [5, 5.41) is 0. The minimum Gasteiger partial charge on any atom is -0.371 e. The van der Waals surface area contributed by atoms with Gasteiger partial charge in [-0.2, -0.15) is 0 Å². The van der Waals surface area contributed by atoms with Crippen LogP contribution in [0.25, 0.3) is 0 Å². The van der Waals surface area contributed by atoms with E-state index < -0.39 is 0 Å². The number of halogens is 2. The highest BCUT2D eigenvalue weighted by atomic mass is 127. The lowest BCUT2D eigenvalue weighted by Gasteiger charge is -2.18. The first kappa shape index (κ1) is 12.7. The molecule has 0 bridgehead atoms. The fourth-order valence-electron chi connectivity index (χ4n) is 1.95. The Bertz CT molecular complexity index is 355. The molecule has 0 amide bonds. The van der Waals surface area contributed by atoms with Crippen molar-refractivity contribution in [2.75, 3.05) is 18.0 Å². The Labute approximate surface area is 104 Å². The normalized spacial score (nSPS) is 13.7. The zero-order valence-corrected chi connectivity index (χ0v) is 11.1. The van der Waals surface area contributed by atoms with Crippen molar-refractivity contribution >= 4 is 28.3 Å². The van der Waals surface area contributed by atoms with Crippen LogP contribution >= 0.6 is 22.6 Å². The fraction of sp³-hybridized carbons (Fsp3) is 0.455. The van der Waals surface area contributed by atoms with E-state index in [0.29, 0.717) is 0 Å². The number of benzene rings is 1. The lowest BCUT2D eigenvalue weighted by molar-refractivity contribution is 0.619. The van der Waals surface area contributed by atoms with Crippen LogP contribution in [0.4, 0.5) is 10.1 Å². The molecule has 0 fully saturated rings. The number of hydrogen-bond acceptors (Lipinski definition) is 2. The van der Waals surface area contributed by atoms with Crippen molar-refractivity contribution in [1.29, 1.82) is 0 Å². The molecular weight excluding hydrogens is 306 g/mol. The lowest BCUT2D eigenvalue weighted by atomic mass is 10.1. The smallest absolute Gasteiger partial charge is 0.136 e.